The van der Waals surface area contributed by atoms with Gasteiger partial charge in [0.1, 0.15) is 10.8 Å². The van der Waals surface area contributed by atoms with Crippen LogP contribution in [-0.4, -0.2) is 23.5 Å². The van der Waals surface area contributed by atoms with E-state index >= 15 is 0 Å². The summed E-state index contributed by atoms with van der Waals surface area (Å²) in [5.74, 6) is -0.249. The van der Waals surface area contributed by atoms with Gasteiger partial charge in [0.2, 0.25) is 0 Å². The normalized spacial score (nSPS) is 11.9. The van der Waals surface area contributed by atoms with Crippen molar-refractivity contribution in [1.29, 1.82) is 0 Å². The summed E-state index contributed by atoms with van der Waals surface area (Å²) in [4.78, 5) is 2.34. The molecule has 2 nitrogen and oxygen atoms in total. The first-order chi connectivity index (χ1) is 8.19. The Balaban J connectivity index is 2.77. The fourth-order valence-corrected chi connectivity index (χ4v) is 2.11. The van der Waals surface area contributed by atoms with Gasteiger partial charge >= 0.3 is 0 Å². The third kappa shape index (κ3) is 4.70. The molecule has 1 rings (SSSR count). The summed E-state index contributed by atoms with van der Waals surface area (Å²) >= 11 is 4.83. The number of rotatable bonds is 4. The Morgan fingerprint density at radius 1 is 1.39 bits per heavy atom. The van der Waals surface area contributed by atoms with E-state index in [0.29, 0.717) is 17.7 Å². The molecule has 0 fully saturated rings. The summed E-state index contributed by atoms with van der Waals surface area (Å²) in [6.07, 6.45) is 0. The Hall–Kier alpha value is -1.00. The van der Waals surface area contributed by atoms with Crippen LogP contribution in [0.3, 0.4) is 0 Å². The first-order valence-corrected chi connectivity index (χ1v) is 6.36. The highest BCUT2D eigenvalue weighted by Crippen LogP contribution is 2.17. The van der Waals surface area contributed by atoms with E-state index in [0.717, 1.165) is 6.54 Å². The highest BCUT2D eigenvalue weighted by molar-refractivity contribution is 7.80. The summed E-state index contributed by atoms with van der Waals surface area (Å²) in [6.45, 7) is 7.98. The number of hydrogen-bond acceptors (Lipinski definition) is 2. The van der Waals surface area contributed by atoms with E-state index in [1.165, 1.54) is 6.07 Å². The number of nitrogens with zero attached hydrogens (tertiary/aromatic N) is 1. The van der Waals surface area contributed by atoms with Crippen LogP contribution in [0.5, 0.6) is 0 Å². The number of thiocarbonyl (C=S) groups is 1. The molecule has 0 radical (unpaired) electrons. The van der Waals surface area contributed by atoms with Crippen LogP contribution in [-0.2, 0) is 6.54 Å². The Kier molecular flexibility index (Phi) is 4.82. The lowest BCUT2D eigenvalue weighted by Crippen LogP contribution is -2.29. The lowest BCUT2D eigenvalue weighted by molar-refractivity contribution is 0.218. The molecule has 0 saturated heterocycles. The zero-order valence-electron chi connectivity index (χ0n) is 11.5. The fourth-order valence-electron chi connectivity index (χ4n) is 1.99. The first-order valence-electron chi connectivity index (χ1n) is 5.96. The van der Waals surface area contributed by atoms with Crippen LogP contribution in [0.2, 0.25) is 0 Å². The van der Waals surface area contributed by atoms with Gasteiger partial charge in [-0.25, -0.2) is 4.39 Å². The largest absolute Gasteiger partial charge is 0.389 e. The number of halogens is 1. The maximum atomic E-state index is 13.9. The molecular weight excluding hydrogens is 247 g/mol. The molecule has 18 heavy (non-hydrogen) atoms. The number of hydrogen-bond donors (Lipinski definition) is 1. The summed E-state index contributed by atoms with van der Waals surface area (Å²) in [5.41, 5.74) is 6.91. The van der Waals surface area contributed by atoms with Crippen molar-refractivity contribution in [2.24, 2.45) is 11.1 Å². The molecule has 1 aromatic carbocycles. The lowest BCUT2D eigenvalue weighted by Gasteiger charge is -2.26. The average molecular weight is 268 g/mol. The molecule has 0 aliphatic heterocycles. The molecule has 0 unspecified atom stereocenters. The maximum absolute atomic E-state index is 13.9. The summed E-state index contributed by atoms with van der Waals surface area (Å²) < 4.78 is 13.9. The zero-order chi connectivity index (χ0) is 13.9. The molecule has 0 atom stereocenters. The van der Waals surface area contributed by atoms with Crippen molar-refractivity contribution < 1.29 is 4.39 Å². The molecule has 0 aromatic heterocycles. The van der Waals surface area contributed by atoms with E-state index in [1.54, 1.807) is 12.1 Å². The van der Waals surface area contributed by atoms with Crippen LogP contribution < -0.4 is 5.73 Å². The highest BCUT2D eigenvalue weighted by Gasteiger charge is 2.15. The minimum absolute atomic E-state index is 0.198. The topological polar surface area (TPSA) is 29.3 Å². The van der Waals surface area contributed by atoms with Gasteiger partial charge in [0.15, 0.2) is 0 Å². The van der Waals surface area contributed by atoms with Crippen LogP contribution in [0.1, 0.15) is 31.9 Å². The minimum Gasteiger partial charge on any atom is -0.389 e. The maximum Gasteiger partial charge on any atom is 0.128 e. The molecule has 100 valence electrons. The Bertz CT molecular complexity index is 438. The molecule has 0 aliphatic rings. The number of nitrogens with two attached hydrogens (primary N) is 1. The number of benzene rings is 1. The van der Waals surface area contributed by atoms with Crippen molar-refractivity contribution in [2.75, 3.05) is 13.6 Å². The van der Waals surface area contributed by atoms with Gasteiger partial charge in [-0.1, -0.05) is 45.1 Å². The van der Waals surface area contributed by atoms with Crippen molar-refractivity contribution in [3.8, 4) is 0 Å². The van der Waals surface area contributed by atoms with E-state index in [4.69, 9.17) is 18.0 Å². The minimum atomic E-state index is -0.249. The van der Waals surface area contributed by atoms with E-state index in [9.17, 15) is 4.39 Å². The zero-order valence-corrected chi connectivity index (χ0v) is 12.3. The predicted octanol–water partition coefficient (Wildman–Crippen LogP) is 2.94. The monoisotopic (exact) mass is 268 g/mol. The third-order valence-corrected chi connectivity index (χ3v) is 2.76. The van der Waals surface area contributed by atoms with Gasteiger partial charge in [-0.2, -0.15) is 0 Å². The molecule has 0 aliphatic carbocycles. The molecular formula is C14H21FN2S. The lowest BCUT2D eigenvalue weighted by atomic mass is 9.96. The third-order valence-electron chi connectivity index (χ3n) is 2.52. The van der Waals surface area contributed by atoms with Crippen molar-refractivity contribution in [1.82, 2.24) is 4.90 Å². The highest BCUT2D eigenvalue weighted by atomic mass is 32.1. The molecule has 0 heterocycles. The van der Waals surface area contributed by atoms with Gasteiger partial charge in [-0.3, -0.25) is 0 Å². The van der Waals surface area contributed by atoms with Crippen molar-refractivity contribution in [3.63, 3.8) is 0 Å². The van der Waals surface area contributed by atoms with Gasteiger partial charge in [0, 0.05) is 24.2 Å². The second-order valence-corrected chi connectivity index (χ2v) is 6.34. The van der Waals surface area contributed by atoms with Crippen molar-refractivity contribution >= 4 is 17.2 Å². The molecule has 1 aromatic rings. The van der Waals surface area contributed by atoms with Gasteiger partial charge in [-0.15, -0.1) is 0 Å². The average Bonchev–Trinajstić information content (AvgIpc) is 2.17. The predicted molar refractivity (Wildman–Crippen MR) is 78.1 cm³/mol. The second-order valence-electron chi connectivity index (χ2n) is 5.90. The van der Waals surface area contributed by atoms with Crippen LogP contribution in [0, 0.1) is 11.2 Å². The summed E-state index contributed by atoms with van der Waals surface area (Å²) in [7, 11) is 1.99. The van der Waals surface area contributed by atoms with E-state index in [-0.39, 0.29) is 16.2 Å². The summed E-state index contributed by atoms with van der Waals surface area (Å²) in [6, 6.07) is 4.93. The Morgan fingerprint density at radius 3 is 2.44 bits per heavy atom. The molecule has 0 bridgehead atoms. The molecule has 2 N–H and O–H groups in total. The molecule has 0 saturated carbocycles. The second kappa shape index (κ2) is 5.76. The molecule has 0 amide bonds. The van der Waals surface area contributed by atoms with Gasteiger partial charge in [0.25, 0.3) is 0 Å². The standard InChI is InChI=1S/C14H21FN2S/c1-14(2,3)9-17(4)8-11-6-5-10(13(16)18)7-12(11)15/h5-7H,8-9H2,1-4H3,(H2,16,18). The van der Waals surface area contributed by atoms with Crippen LogP contribution in [0.15, 0.2) is 18.2 Å². The quantitative estimate of drug-likeness (QED) is 0.851. The smallest absolute Gasteiger partial charge is 0.128 e. The Morgan fingerprint density at radius 2 is 2.00 bits per heavy atom. The fraction of sp³-hybridized carbons (Fsp3) is 0.500. The Labute approximate surface area is 114 Å². The van der Waals surface area contributed by atoms with E-state index in [2.05, 4.69) is 25.7 Å². The molecule has 4 heteroatoms. The van der Waals surface area contributed by atoms with Crippen molar-refractivity contribution in [3.05, 3.63) is 35.1 Å². The van der Waals surface area contributed by atoms with Gasteiger partial charge in [0.05, 0.1) is 0 Å². The van der Waals surface area contributed by atoms with Crippen LogP contribution in [0.25, 0.3) is 0 Å². The van der Waals surface area contributed by atoms with E-state index in [1.807, 2.05) is 7.05 Å². The van der Waals surface area contributed by atoms with Crippen LogP contribution in [0.4, 0.5) is 4.39 Å². The van der Waals surface area contributed by atoms with Crippen LogP contribution >= 0.6 is 12.2 Å². The van der Waals surface area contributed by atoms with Crippen molar-refractivity contribution in [2.45, 2.75) is 27.3 Å². The first kappa shape index (κ1) is 15.1. The SMILES string of the molecule is CN(Cc1ccc(C(N)=S)cc1F)CC(C)(C)C. The summed E-state index contributed by atoms with van der Waals surface area (Å²) in [5, 5.41) is 0. The molecule has 0 spiro atoms. The van der Waals surface area contributed by atoms with E-state index < -0.39 is 0 Å². The van der Waals surface area contributed by atoms with Gasteiger partial charge in [-0.05, 0) is 18.5 Å². The van der Waals surface area contributed by atoms with Gasteiger partial charge < -0.3 is 10.6 Å².